The van der Waals surface area contributed by atoms with Crippen molar-refractivity contribution in [3.63, 3.8) is 0 Å². The van der Waals surface area contributed by atoms with Crippen molar-refractivity contribution in [3.8, 4) is 11.3 Å². The Kier molecular flexibility index (Phi) is 9.99. The summed E-state index contributed by atoms with van der Waals surface area (Å²) in [6, 6.07) is 5.08. The Labute approximate surface area is 249 Å². The Bertz CT molecular complexity index is 1610. The lowest BCUT2D eigenvalue weighted by Crippen LogP contribution is -2.53. The van der Waals surface area contributed by atoms with E-state index >= 15 is 0 Å². The molecule has 0 bridgehead atoms. The number of rotatable bonds is 7. The first-order chi connectivity index (χ1) is 21.1. The second kappa shape index (κ2) is 13.9. The average Bonchev–Trinajstić information content (AvgIpc) is 3.66. The van der Waals surface area contributed by atoms with Crippen LogP contribution in [-0.4, -0.2) is 97.2 Å². The second-order valence-electron chi connectivity index (χ2n) is 9.68. The number of aromatic amines is 1. The largest absolute Gasteiger partial charge is 0.483 e. The fourth-order valence-corrected chi connectivity index (χ4v) is 4.71. The van der Waals surface area contributed by atoms with Crippen molar-refractivity contribution in [1.29, 1.82) is 0 Å². The molecule has 4 heterocycles. The minimum Gasteiger partial charge on any atom is -0.483 e. The third kappa shape index (κ3) is 7.05. The monoisotopic (exact) mass is 616 g/mol. The average molecular weight is 617 g/mol. The van der Waals surface area contributed by atoms with Crippen molar-refractivity contribution in [3.05, 3.63) is 59.8 Å². The maximum atomic E-state index is 13.4. The highest BCUT2D eigenvalue weighted by Crippen LogP contribution is 2.36. The Balaban J connectivity index is 0.00000141. The summed E-state index contributed by atoms with van der Waals surface area (Å²) in [4.78, 5) is 45.9. The predicted octanol–water partition coefficient (Wildman–Crippen LogP) is 2.71. The van der Waals surface area contributed by atoms with Crippen molar-refractivity contribution in [2.45, 2.75) is 19.5 Å². The number of amides is 3. The number of nitrogens with two attached hydrogens (primary N) is 1. The summed E-state index contributed by atoms with van der Waals surface area (Å²) in [5.74, 6) is 0.200. The molecule has 0 aliphatic carbocycles. The molecule has 1 saturated heterocycles. The zero-order chi connectivity index (χ0) is 31.9. The maximum Gasteiger partial charge on any atom is 0.433 e. The highest BCUT2D eigenvalue weighted by atomic mass is 19.4. The van der Waals surface area contributed by atoms with E-state index in [9.17, 15) is 22.8 Å². The van der Waals surface area contributed by atoms with Crippen LogP contribution >= 0.6 is 0 Å². The molecule has 44 heavy (non-hydrogen) atoms. The van der Waals surface area contributed by atoms with E-state index in [0.717, 1.165) is 11.8 Å². The lowest BCUT2D eigenvalue weighted by molar-refractivity contribution is -0.140. The van der Waals surface area contributed by atoms with Crippen molar-refractivity contribution in [1.82, 2.24) is 39.7 Å². The number of anilines is 2. The topological polar surface area (TPSA) is 187 Å². The van der Waals surface area contributed by atoms with Crippen LogP contribution in [0.25, 0.3) is 16.9 Å². The number of hydrogen-bond donors (Lipinski definition) is 5. The number of aromatic nitrogens is 5. The molecule has 0 unspecified atom stereocenters. The Morgan fingerprint density at radius 3 is 2.50 bits per heavy atom. The predicted molar refractivity (Wildman–Crippen MR) is 153 cm³/mol. The van der Waals surface area contributed by atoms with Crippen LogP contribution in [0, 0.1) is 6.92 Å². The van der Waals surface area contributed by atoms with Crippen LogP contribution in [0.1, 0.15) is 28.0 Å². The number of imidazole rings is 1. The van der Waals surface area contributed by atoms with Gasteiger partial charge in [-0.3, -0.25) is 19.1 Å². The fourth-order valence-electron chi connectivity index (χ4n) is 4.71. The molecule has 1 aromatic carbocycles. The van der Waals surface area contributed by atoms with Crippen molar-refractivity contribution in [2.24, 2.45) is 5.73 Å². The van der Waals surface area contributed by atoms with Crippen LogP contribution in [-0.2, 0) is 11.0 Å². The first kappa shape index (κ1) is 31.7. The summed E-state index contributed by atoms with van der Waals surface area (Å²) < 4.78 is 41.7. The Hall–Kier alpha value is -5.19. The second-order valence-corrected chi connectivity index (χ2v) is 9.68. The molecule has 6 N–H and O–H groups in total. The normalized spacial score (nSPS) is 13.3. The van der Waals surface area contributed by atoms with Crippen molar-refractivity contribution >= 4 is 35.6 Å². The van der Waals surface area contributed by atoms with Crippen LogP contribution in [0.2, 0.25) is 0 Å². The molecule has 0 radical (unpaired) electrons. The number of alkyl halides is 3. The van der Waals surface area contributed by atoms with Gasteiger partial charge in [-0.05, 0) is 43.7 Å². The van der Waals surface area contributed by atoms with E-state index < -0.39 is 11.9 Å². The molecule has 0 spiro atoms. The van der Waals surface area contributed by atoms with Gasteiger partial charge in [-0.15, -0.1) is 0 Å². The summed E-state index contributed by atoms with van der Waals surface area (Å²) in [5, 5.41) is 18.4. The molecule has 0 saturated carbocycles. The summed E-state index contributed by atoms with van der Waals surface area (Å²) in [5.41, 5.74) is 6.78. The van der Waals surface area contributed by atoms with Crippen LogP contribution in [0.3, 0.4) is 0 Å². The van der Waals surface area contributed by atoms with Gasteiger partial charge in [0.15, 0.2) is 11.5 Å². The van der Waals surface area contributed by atoms with Crippen LogP contribution in [0.5, 0.6) is 0 Å². The molecule has 4 aromatic rings. The number of carbonyl (C=O) groups is 3. The number of carboxylic acid groups (broad SMARTS) is 1. The van der Waals surface area contributed by atoms with Gasteiger partial charge in [0.2, 0.25) is 0 Å². The Morgan fingerprint density at radius 2 is 1.84 bits per heavy atom. The van der Waals surface area contributed by atoms with Gasteiger partial charge in [0.05, 0.1) is 23.7 Å². The molecule has 234 valence electrons. The van der Waals surface area contributed by atoms with Crippen LogP contribution in [0.15, 0.2) is 43.0 Å². The number of H-pyrrole nitrogens is 1. The highest BCUT2D eigenvalue weighted by molar-refractivity contribution is 5.96. The van der Waals surface area contributed by atoms with Crippen LogP contribution < -0.4 is 16.4 Å². The number of piperazine rings is 1. The summed E-state index contributed by atoms with van der Waals surface area (Å²) in [7, 11) is 0. The zero-order valence-corrected chi connectivity index (χ0v) is 23.6. The molecule has 1 aliphatic heterocycles. The molecule has 3 amide bonds. The molecule has 1 fully saturated rings. The third-order valence-corrected chi connectivity index (χ3v) is 6.86. The molecule has 17 heteroatoms. The van der Waals surface area contributed by atoms with E-state index in [1.807, 2.05) is 12.0 Å². The standard InChI is InChI=1S/C26H29F3N10O2.CH2O2/c1-16-13-17(3-4-18(16)24(40)37-9-11-38(12-10-37)25(41)32-6-2-5-30)35-22-23-33-15-20(39(23)8-7-31-22)19-14-34-36-21(19)26(27,28)29;2-1-3/h3-4,7-8,13-15H,2,5-6,9-12,30H2,1H3,(H,31,35)(H,32,41)(H,34,36);1H,(H,2,3). The van der Waals surface area contributed by atoms with Crippen LogP contribution in [0.4, 0.5) is 29.5 Å². The van der Waals surface area contributed by atoms with E-state index in [-0.39, 0.29) is 29.7 Å². The molecule has 5 rings (SSSR count). The lowest BCUT2D eigenvalue weighted by atomic mass is 10.1. The number of aryl methyl sites for hydroxylation is 1. The Morgan fingerprint density at radius 1 is 1.14 bits per heavy atom. The highest BCUT2D eigenvalue weighted by Gasteiger charge is 2.36. The first-order valence-corrected chi connectivity index (χ1v) is 13.5. The van der Waals surface area contributed by atoms with Gasteiger partial charge in [0.1, 0.15) is 5.69 Å². The number of benzene rings is 1. The molecule has 0 atom stereocenters. The van der Waals surface area contributed by atoms with E-state index in [2.05, 4.69) is 25.7 Å². The van der Waals surface area contributed by atoms with Gasteiger partial charge >= 0.3 is 12.2 Å². The zero-order valence-electron chi connectivity index (χ0n) is 23.6. The smallest absolute Gasteiger partial charge is 0.433 e. The van der Waals surface area contributed by atoms with Gasteiger partial charge < -0.3 is 31.3 Å². The van der Waals surface area contributed by atoms with E-state index in [1.165, 1.54) is 23.0 Å². The van der Waals surface area contributed by atoms with Gasteiger partial charge in [-0.25, -0.2) is 14.8 Å². The maximum absolute atomic E-state index is 13.4. The molecular formula is C27H31F3N10O4. The molecular weight excluding hydrogens is 585 g/mol. The summed E-state index contributed by atoms with van der Waals surface area (Å²) in [6.07, 6.45) is 1.52. The molecule has 3 aromatic heterocycles. The molecule has 1 aliphatic rings. The number of halogens is 3. The minimum absolute atomic E-state index is 0.129. The van der Waals surface area contributed by atoms with Gasteiger partial charge in [0, 0.05) is 56.4 Å². The van der Waals surface area contributed by atoms with E-state index in [4.69, 9.17) is 15.6 Å². The SMILES string of the molecule is Cc1cc(Nc2nccn3c(-c4cn[nH]c4C(F)(F)F)cnc23)ccc1C(=O)N1CCN(C(=O)NCCCN)CC1.O=CO. The van der Waals surface area contributed by atoms with Gasteiger partial charge in [-0.1, -0.05) is 0 Å². The summed E-state index contributed by atoms with van der Waals surface area (Å²) >= 11 is 0. The first-order valence-electron chi connectivity index (χ1n) is 13.5. The van der Waals surface area contributed by atoms with Gasteiger partial charge in [-0.2, -0.15) is 18.3 Å². The number of fused-ring (bicyclic) bond motifs is 1. The number of carbonyl (C=O) groups excluding carboxylic acids is 2. The van der Waals surface area contributed by atoms with E-state index in [0.29, 0.717) is 68.4 Å². The van der Waals surface area contributed by atoms with Crippen molar-refractivity contribution < 1.29 is 32.7 Å². The number of nitrogens with zero attached hydrogens (tertiary/aromatic N) is 6. The number of nitrogens with one attached hydrogen (secondary N) is 3. The third-order valence-electron chi connectivity index (χ3n) is 6.86. The van der Waals surface area contributed by atoms with E-state index in [1.54, 1.807) is 28.0 Å². The summed E-state index contributed by atoms with van der Waals surface area (Å²) in [6.45, 7) is 4.30. The van der Waals surface area contributed by atoms with Crippen molar-refractivity contribution in [2.75, 3.05) is 44.6 Å². The molecule has 14 nitrogen and oxygen atoms in total. The fraction of sp³-hybridized carbons (Fsp3) is 0.333. The number of hydrogen-bond acceptors (Lipinski definition) is 8. The van der Waals surface area contributed by atoms with Gasteiger partial charge in [0.25, 0.3) is 12.4 Å². The quantitative estimate of drug-likeness (QED) is 0.154. The lowest BCUT2D eigenvalue weighted by Gasteiger charge is -2.35. The minimum atomic E-state index is -4.60. The number of urea groups is 1.